The average molecular weight is 612 g/mol. The number of primary amides is 1. The molecule has 0 saturated carbocycles. The Morgan fingerprint density at radius 1 is 1.10 bits per heavy atom. The largest absolute Gasteiger partial charge is 0.503 e. The third-order valence-corrected chi connectivity index (χ3v) is 9.22. The van der Waals surface area contributed by atoms with Gasteiger partial charge < -0.3 is 15.6 Å². The number of aromatic nitrogens is 3. The van der Waals surface area contributed by atoms with Crippen LogP contribution in [-0.4, -0.2) is 44.5 Å². The van der Waals surface area contributed by atoms with Crippen LogP contribution in [0.25, 0.3) is 0 Å². The summed E-state index contributed by atoms with van der Waals surface area (Å²) in [5, 5.41) is 20.3. The minimum Gasteiger partial charge on any atom is -0.503 e. The molecule has 1 atom stereocenters. The molecule has 0 radical (unpaired) electrons. The van der Waals surface area contributed by atoms with Gasteiger partial charge in [0.1, 0.15) is 11.6 Å². The number of aliphatic hydroxyl groups excluding tert-OH is 1. The molecule has 2 aromatic heterocycles. The summed E-state index contributed by atoms with van der Waals surface area (Å²) in [6.07, 6.45) is 0. The van der Waals surface area contributed by atoms with Gasteiger partial charge in [-0.3, -0.25) is 19.3 Å². The van der Waals surface area contributed by atoms with Crippen molar-refractivity contribution in [2.45, 2.75) is 30.0 Å². The standard InChI is InChI=1S/C27H22FN5O5S3/c1-13-24(40-14(2)30-13)22(35)20-21(16-5-9-18(10-6-16)38-11-19(29)34)33(25(37)23(20)36)26-31-32-27(41-26)39-12-15-3-7-17(28)8-4-15/h3-10,21,36H,11-12H2,1-2H3,(H2,29,34). The highest BCUT2D eigenvalue weighted by Crippen LogP contribution is 2.44. The SMILES string of the molecule is Cc1nc(C)c(C(=O)C2=C(O)C(=O)N(c3nnc(SCc4ccc(F)cc4)s3)C2c2ccc(OCC(N)=O)cc2)s1. The van der Waals surface area contributed by atoms with Crippen LogP contribution < -0.4 is 15.4 Å². The van der Waals surface area contributed by atoms with Gasteiger partial charge in [-0.2, -0.15) is 0 Å². The highest BCUT2D eigenvalue weighted by molar-refractivity contribution is 8.00. The summed E-state index contributed by atoms with van der Waals surface area (Å²) in [5.74, 6) is -2.11. The first-order valence-electron chi connectivity index (χ1n) is 12.1. The molecule has 0 fully saturated rings. The van der Waals surface area contributed by atoms with E-state index in [0.717, 1.165) is 16.9 Å². The lowest BCUT2D eigenvalue weighted by Crippen LogP contribution is -2.31. The molecule has 1 aliphatic heterocycles. The molecule has 2 amide bonds. The van der Waals surface area contributed by atoms with E-state index >= 15 is 0 Å². The monoisotopic (exact) mass is 611 g/mol. The van der Waals surface area contributed by atoms with Gasteiger partial charge >= 0.3 is 0 Å². The number of amides is 2. The predicted molar refractivity (Wildman–Crippen MR) is 153 cm³/mol. The Hall–Kier alpha value is -4.14. The number of nitrogens with two attached hydrogens (primary N) is 1. The number of aliphatic hydroxyl groups is 1. The van der Waals surface area contributed by atoms with E-state index in [9.17, 15) is 23.9 Å². The lowest BCUT2D eigenvalue weighted by atomic mass is 9.95. The van der Waals surface area contributed by atoms with Crippen molar-refractivity contribution in [2.24, 2.45) is 5.73 Å². The van der Waals surface area contributed by atoms with Gasteiger partial charge in [0.2, 0.25) is 10.9 Å². The van der Waals surface area contributed by atoms with Crippen molar-refractivity contribution in [3.63, 3.8) is 0 Å². The Morgan fingerprint density at radius 3 is 2.44 bits per heavy atom. The number of hydrogen-bond acceptors (Lipinski definition) is 11. The van der Waals surface area contributed by atoms with E-state index in [1.165, 1.54) is 40.1 Å². The second-order valence-corrected chi connectivity index (χ2v) is 12.3. The van der Waals surface area contributed by atoms with Gasteiger partial charge in [-0.1, -0.05) is 47.4 Å². The molecular formula is C27H22FN5O5S3. The van der Waals surface area contributed by atoms with Gasteiger partial charge in [0.15, 0.2) is 16.7 Å². The van der Waals surface area contributed by atoms with Crippen LogP contribution in [0.5, 0.6) is 5.75 Å². The number of rotatable bonds is 10. The minimum atomic E-state index is -1.02. The summed E-state index contributed by atoms with van der Waals surface area (Å²) in [7, 11) is 0. The molecule has 210 valence electrons. The van der Waals surface area contributed by atoms with Crippen LogP contribution in [0.3, 0.4) is 0 Å². The minimum absolute atomic E-state index is 0.108. The van der Waals surface area contributed by atoms with Crippen LogP contribution in [0.2, 0.25) is 0 Å². The molecule has 14 heteroatoms. The number of thioether (sulfide) groups is 1. The van der Waals surface area contributed by atoms with Crippen LogP contribution >= 0.6 is 34.4 Å². The van der Waals surface area contributed by atoms with Crippen molar-refractivity contribution in [2.75, 3.05) is 11.5 Å². The van der Waals surface area contributed by atoms with E-state index in [4.69, 9.17) is 10.5 Å². The van der Waals surface area contributed by atoms with Crippen LogP contribution in [0.4, 0.5) is 9.52 Å². The van der Waals surface area contributed by atoms with Crippen molar-refractivity contribution in [3.05, 3.63) is 92.4 Å². The summed E-state index contributed by atoms with van der Waals surface area (Å²) < 4.78 is 19.1. The number of thiazole rings is 1. The van der Waals surface area contributed by atoms with E-state index in [2.05, 4.69) is 15.2 Å². The number of carbonyl (C=O) groups excluding carboxylic acids is 3. The fourth-order valence-electron chi connectivity index (χ4n) is 4.20. The number of carbonyl (C=O) groups is 3. The average Bonchev–Trinajstić information content (AvgIpc) is 3.62. The van der Waals surface area contributed by atoms with Gasteiger partial charge in [0.05, 0.1) is 27.2 Å². The summed E-state index contributed by atoms with van der Waals surface area (Å²) >= 11 is 3.66. The summed E-state index contributed by atoms with van der Waals surface area (Å²) in [6.45, 7) is 3.15. The number of halogens is 1. The lowest BCUT2D eigenvalue weighted by Gasteiger charge is -2.24. The first-order valence-corrected chi connectivity index (χ1v) is 14.7. The zero-order valence-corrected chi connectivity index (χ0v) is 24.1. The zero-order valence-electron chi connectivity index (χ0n) is 21.7. The number of hydrogen-bond donors (Lipinski definition) is 2. The fraction of sp³-hybridized carbons (Fsp3) is 0.185. The molecule has 1 aliphatic rings. The number of benzene rings is 2. The Bertz CT molecular complexity index is 1670. The Balaban J connectivity index is 1.49. The number of Topliss-reactive ketones (excluding diaryl/α,β-unsaturated/α-hetero) is 1. The molecule has 0 aliphatic carbocycles. The van der Waals surface area contributed by atoms with Gasteiger partial charge in [-0.25, -0.2) is 9.37 Å². The Kier molecular flexibility index (Phi) is 8.15. The summed E-state index contributed by atoms with van der Waals surface area (Å²) in [5.41, 5.74) is 6.91. The predicted octanol–water partition coefficient (Wildman–Crippen LogP) is 4.69. The molecule has 10 nitrogen and oxygen atoms in total. The number of anilines is 1. The maximum absolute atomic E-state index is 13.8. The molecule has 0 saturated heterocycles. The number of ketones is 1. The van der Waals surface area contributed by atoms with Gasteiger partial charge in [0.25, 0.3) is 11.8 Å². The van der Waals surface area contributed by atoms with Crippen molar-refractivity contribution < 1.29 is 28.6 Å². The molecule has 3 heterocycles. The molecule has 3 N–H and O–H groups in total. The maximum Gasteiger partial charge on any atom is 0.296 e. The topological polar surface area (TPSA) is 149 Å². The van der Waals surface area contributed by atoms with Gasteiger partial charge in [-0.15, -0.1) is 21.5 Å². The molecule has 2 aromatic carbocycles. The van der Waals surface area contributed by atoms with Crippen LogP contribution in [0.15, 0.2) is 64.2 Å². The molecule has 5 rings (SSSR count). The third-order valence-electron chi connectivity index (χ3n) is 6.02. The van der Waals surface area contributed by atoms with Crippen LogP contribution in [0.1, 0.15) is 37.5 Å². The van der Waals surface area contributed by atoms with E-state index < -0.39 is 29.4 Å². The first-order chi connectivity index (χ1) is 19.6. The van der Waals surface area contributed by atoms with E-state index in [-0.39, 0.29) is 23.1 Å². The third kappa shape index (κ3) is 5.99. The highest BCUT2D eigenvalue weighted by Gasteiger charge is 2.46. The van der Waals surface area contributed by atoms with Crippen molar-refractivity contribution in [1.82, 2.24) is 15.2 Å². The van der Waals surface area contributed by atoms with Crippen molar-refractivity contribution in [3.8, 4) is 5.75 Å². The number of ether oxygens (including phenoxy) is 1. The summed E-state index contributed by atoms with van der Waals surface area (Å²) in [4.78, 5) is 44.2. The number of nitrogens with zero attached hydrogens (tertiary/aromatic N) is 4. The Morgan fingerprint density at radius 2 is 1.80 bits per heavy atom. The fourth-order valence-corrected chi connectivity index (χ4v) is 6.90. The molecule has 1 unspecified atom stereocenters. The molecule has 41 heavy (non-hydrogen) atoms. The zero-order chi connectivity index (χ0) is 29.3. The van der Waals surface area contributed by atoms with Gasteiger partial charge in [0, 0.05) is 5.75 Å². The maximum atomic E-state index is 13.8. The molecule has 0 spiro atoms. The van der Waals surface area contributed by atoms with E-state index in [1.54, 1.807) is 50.2 Å². The van der Waals surface area contributed by atoms with Crippen molar-refractivity contribution in [1.29, 1.82) is 0 Å². The smallest absolute Gasteiger partial charge is 0.296 e. The van der Waals surface area contributed by atoms with Crippen molar-refractivity contribution >= 4 is 57.2 Å². The molecule has 4 aromatic rings. The van der Waals surface area contributed by atoms with E-state index in [1.807, 2.05) is 0 Å². The number of aryl methyl sites for hydroxylation is 2. The second kappa shape index (κ2) is 11.8. The summed E-state index contributed by atoms with van der Waals surface area (Å²) in [6, 6.07) is 11.5. The lowest BCUT2D eigenvalue weighted by molar-refractivity contribution is -0.120. The normalized spacial score (nSPS) is 15.0. The highest BCUT2D eigenvalue weighted by atomic mass is 32.2. The Labute approximate surface area is 245 Å². The van der Waals surface area contributed by atoms with Crippen LogP contribution in [-0.2, 0) is 15.3 Å². The van der Waals surface area contributed by atoms with Crippen LogP contribution in [0, 0.1) is 19.7 Å². The van der Waals surface area contributed by atoms with E-state index in [0.29, 0.717) is 37.0 Å². The second-order valence-electron chi connectivity index (χ2n) is 8.91. The van der Waals surface area contributed by atoms with Gasteiger partial charge in [-0.05, 0) is 49.2 Å². The first kappa shape index (κ1) is 28.4. The molecular weight excluding hydrogens is 590 g/mol. The quantitative estimate of drug-likeness (QED) is 0.148. The molecule has 0 bridgehead atoms.